The van der Waals surface area contributed by atoms with Gasteiger partial charge in [0.2, 0.25) is 0 Å². The number of hydrogen-bond donors (Lipinski definition) is 0. The van der Waals surface area contributed by atoms with Crippen molar-refractivity contribution in [2.45, 2.75) is 56.1 Å². The van der Waals surface area contributed by atoms with Crippen molar-refractivity contribution < 1.29 is 40.2 Å². The van der Waals surface area contributed by atoms with Crippen LogP contribution in [0.15, 0.2) is 0 Å². The fourth-order valence-electron chi connectivity index (χ4n) is 5.01. The predicted octanol–water partition coefficient (Wildman–Crippen LogP) is 3.15. The molecule has 0 saturated heterocycles. The Morgan fingerprint density at radius 1 is 1.04 bits per heavy atom. The van der Waals surface area contributed by atoms with Crippen molar-refractivity contribution in [3.8, 4) is 0 Å². The number of carbonyl (C=O) groups is 1. The summed E-state index contributed by atoms with van der Waals surface area (Å²) in [4.78, 5) is 12.4. The molecule has 2 unspecified atom stereocenters. The van der Waals surface area contributed by atoms with Crippen molar-refractivity contribution in [1.82, 2.24) is 0 Å². The average molecular weight is 375 g/mol. The van der Waals surface area contributed by atoms with Crippen LogP contribution in [0.5, 0.6) is 0 Å². The molecule has 4 saturated carbocycles. The first-order chi connectivity index (χ1) is 10.9. The van der Waals surface area contributed by atoms with Gasteiger partial charge in [-0.05, 0) is 56.3 Å². The molecule has 4 bridgehead atoms. The molecule has 0 aliphatic heterocycles. The molecule has 4 aliphatic rings. The Morgan fingerprint density at radius 2 is 1.46 bits per heavy atom. The highest BCUT2D eigenvalue weighted by molar-refractivity contribution is 7.80. The highest BCUT2D eigenvalue weighted by Gasteiger charge is 2.63. The van der Waals surface area contributed by atoms with Gasteiger partial charge in [0.15, 0.2) is 0 Å². The Labute approximate surface area is 137 Å². The number of alkyl halides is 5. The van der Waals surface area contributed by atoms with Crippen molar-refractivity contribution >= 4 is 17.0 Å². The maximum absolute atomic E-state index is 13.4. The van der Waals surface area contributed by atoms with E-state index in [2.05, 4.69) is 4.74 Å². The van der Waals surface area contributed by atoms with E-state index in [0.717, 1.165) is 19.3 Å². The molecular formula is C14H16F5O4S-. The SMILES string of the molecule is O=C(OC(C(F)(F)F)C(F)(F)S(=O)[O-])C12CC3CC(CC(C3)C1)C2. The van der Waals surface area contributed by atoms with E-state index in [0.29, 0.717) is 19.3 Å². The van der Waals surface area contributed by atoms with Crippen LogP contribution in [0.25, 0.3) is 0 Å². The molecule has 0 aromatic rings. The lowest BCUT2D eigenvalue weighted by Crippen LogP contribution is -2.55. The molecule has 0 heterocycles. The van der Waals surface area contributed by atoms with Crippen LogP contribution in [0.3, 0.4) is 0 Å². The van der Waals surface area contributed by atoms with E-state index in [1.807, 2.05) is 0 Å². The third-order valence-electron chi connectivity index (χ3n) is 5.52. The first kappa shape index (κ1) is 18.0. The number of halogens is 5. The summed E-state index contributed by atoms with van der Waals surface area (Å²) in [6.07, 6.45) is -5.98. The van der Waals surface area contributed by atoms with E-state index in [-0.39, 0.29) is 17.8 Å². The van der Waals surface area contributed by atoms with E-state index >= 15 is 0 Å². The van der Waals surface area contributed by atoms with E-state index in [4.69, 9.17) is 0 Å². The molecule has 0 aromatic carbocycles. The smallest absolute Gasteiger partial charge is 0.432 e. The van der Waals surface area contributed by atoms with Crippen LogP contribution >= 0.6 is 0 Å². The van der Waals surface area contributed by atoms with Gasteiger partial charge in [0, 0.05) is 11.1 Å². The van der Waals surface area contributed by atoms with Crippen LogP contribution in [-0.4, -0.2) is 32.3 Å². The number of hydrogen-bond acceptors (Lipinski definition) is 4. The van der Waals surface area contributed by atoms with Gasteiger partial charge in [0.25, 0.3) is 6.10 Å². The molecule has 0 spiro atoms. The molecule has 4 aliphatic carbocycles. The normalized spacial score (nSPS) is 38.0. The van der Waals surface area contributed by atoms with Crippen LogP contribution < -0.4 is 0 Å². The standard InChI is InChI=1S/C14H17F5O4S/c15-13(16,17)10(14(18,19)24(21)22)23-11(20)12-4-7-1-8(5-12)3-9(2-7)6-12/h7-10H,1-6H2,(H,21,22)/p-1. The molecule has 0 N–H and O–H groups in total. The van der Waals surface area contributed by atoms with E-state index in [1.54, 1.807) is 0 Å². The van der Waals surface area contributed by atoms with Crippen molar-refractivity contribution in [1.29, 1.82) is 0 Å². The van der Waals surface area contributed by atoms with Crippen LogP contribution in [-0.2, 0) is 20.6 Å². The Balaban J connectivity index is 1.83. The number of esters is 1. The Hall–Kier alpha value is -0.770. The second-order valence-electron chi connectivity index (χ2n) is 7.32. The number of rotatable bonds is 4. The Morgan fingerprint density at radius 3 is 1.79 bits per heavy atom. The minimum absolute atomic E-state index is 0.197. The van der Waals surface area contributed by atoms with E-state index in [1.165, 1.54) is 0 Å². The monoisotopic (exact) mass is 375 g/mol. The summed E-state index contributed by atoms with van der Waals surface area (Å²) in [5.41, 5.74) is -1.18. The van der Waals surface area contributed by atoms with Crippen LogP contribution in [0, 0.1) is 23.2 Å². The van der Waals surface area contributed by atoms with Gasteiger partial charge in [0.05, 0.1) is 5.41 Å². The average Bonchev–Trinajstić information content (AvgIpc) is 2.41. The molecule has 138 valence electrons. The minimum atomic E-state index is -5.68. The quantitative estimate of drug-likeness (QED) is 0.430. The molecule has 4 rings (SSSR count). The van der Waals surface area contributed by atoms with Gasteiger partial charge in [-0.3, -0.25) is 9.00 Å². The van der Waals surface area contributed by atoms with Gasteiger partial charge < -0.3 is 9.29 Å². The molecule has 0 aromatic heterocycles. The zero-order valence-corrected chi connectivity index (χ0v) is 13.3. The summed E-state index contributed by atoms with van der Waals surface area (Å²) in [6, 6.07) is 0. The Kier molecular flexibility index (Phi) is 4.22. The van der Waals surface area contributed by atoms with E-state index in [9.17, 15) is 35.5 Å². The zero-order chi connectivity index (χ0) is 17.9. The van der Waals surface area contributed by atoms with Gasteiger partial charge in [-0.1, -0.05) is 0 Å². The van der Waals surface area contributed by atoms with Gasteiger partial charge in [-0.2, -0.15) is 22.0 Å². The van der Waals surface area contributed by atoms with Crippen molar-refractivity contribution in [3.05, 3.63) is 0 Å². The first-order valence-corrected chi connectivity index (χ1v) is 8.76. The maximum Gasteiger partial charge on any atom is 0.432 e. The van der Waals surface area contributed by atoms with Crippen LogP contribution in [0.4, 0.5) is 22.0 Å². The van der Waals surface area contributed by atoms with Gasteiger partial charge in [-0.25, -0.2) is 0 Å². The van der Waals surface area contributed by atoms with Gasteiger partial charge in [0.1, 0.15) is 0 Å². The highest BCUT2D eigenvalue weighted by Crippen LogP contribution is 2.60. The summed E-state index contributed by atoms with van der Waals surface area (Å²) >= 11 is -4.36. The third-order valence-corrected chi connectivity index (χ3v) is 6.18. The second kappa shape index (κ2) is 5.62. The first-order valence-electron chi connectivity index (χ1n) is 7.69. The molecule has 4 fully saturated rings. The molecule has 0 amide bonds. The lowest BCUT2D eigenvalue weighted by Gasteiger charge is -2.55. The highest BCUT2D eigenvalue weighted by atomic mass is 32.2. The summed E-state index contributed by atoms with van der Waals surface area (Å²) in [6.45, 7) is 0. The zero-order valence-electron chi connectivity index (χ0n) is 12.5. The summed E-state index contributed by atoms with van der Waals surface area (Å²) in [5.74, 6) is -0.749. The van der Waals surface area contributed by atoms with Crippen molar-refractivity contribution in [2.24, 2.45) is 23.2 Å². The van der Waals surface area contributed by atoms with Crippen molar-refractivity contribution in [2.75, 3.05) is 0 Å². The fraction of sp³-hybridized carbons (Fsp3) is 0.929. The molecule has 4 nitrogen and oxygen atoms in total. The van der Waals surface area contributed by atoms with Crippen LogP contribution in [0.2, 0.25) is 0 Å². The molecule has 10 heteroatoms. The molecular weight excluding hydrogens is 359 g/mol. The fourth-order valence-corrected chi connectivity index (χ4v) is 5.36. The summed E-state index contributed by atoms with van der Waals surface area (Å²) in [7, 11) is 0. The van der Waals surface area contributed by atoms with Gasteiger partial charge >= 0.3 is 17.4 Å². The minimum Gasteiger partial charge on any atom is -0.768 e. The van der Waals surface area contributed by atoms with E-state index < -0.39 is 40.0 Å². The predicted molar refractivity (Wildman–Crippen MR) is 70.4 cm³/mol. The largest absolute Gasteiger partial charge is 0.768 e. The second-order valence-corrected chi connectivity index (χ2v) is 8.34. The third kappa shape index (κ3) is 2.95. The lowest BCUT2D eigenvalue weighted by molar-refractivity contribution is -0.265. The van der Waals surface area contributed by atoms with Gasteiger partial charge in [-0.15, -0.1) is 0 Å². The molecule has 24 heavy (non-hydrogen) atoms. The number of carbonyl (C=O) groups excluding carboxylic acids is 1. The number of ether oxygens (including phenoxy) is 1. The summed E-state index contributed by atoms with van der Waals surface area (Å²) < 4.78 is 90.6. The Bertz CT molecular complexity index is 527. The lowest BCUT2D eigenvalue weighted by atomic mass is 9.49. The maximum atomic E-state index is 13.4. The van der Waals surface area contributed by atoms with Crippen molar-refractivity contribution in [3.63, 3.8) is 0 Å². The van der Waals surface area contributed by atoms with Crippen LogP contribution in [0.1, 0.15) is 38.5 Å². The topological polar surface area (TPSA) is 66.4 Å². The molecule has 0 radical (unpaired) electrons. The molecule has 2 atom stereocenters. The summed E-state index contributed by atoms with van der Waals surface area (Å²) in [5, 5.41) is -5.23.